The van der Waals surface area contributed by atoms with Crippen molar-refractivity contribution in [2.75, 3.05) is 44.8 Å². The van der Waals surface area contributed by atoms with E-state index in [-0.39, 0.29) is 43.4 Å². The number of hydrogen-bond donors (Lipinski definition) is 1. The molecule has 1 aromatic heterocycles. The molecule has 1 unspecified atom stereocenters. The van der Waals surface area contributed by atoms with Gasteiger partial charge in [-0.15, -0.1) is 0 Å². The summed E-state index contributed by atoms with van der Waals surface area (Å²) in [5, 5.41) is 11.7. The molecule has 1 aliphatic rings. The molecular formula is C21H22F3N5O4S. The van der Waals surface area contributed by atoms with E-state index in [1.165, 1.54) is 48.7 Å². The Balaban J connectivity index is 1.96. The second-order valence-corrected chi connectivity index (χ2v) is 9.32. The molecular weight excluding hydrogens is 475 g/mol. The lowest BCUT2D eigenvalue weighted by Gasteiger charge is -2.41. The summed E-state index contributed by atoms with van der Waals surface area (Å²) in [7, 11) is -2.54. The molecule has 2 aromatic rings. The van der Waals surface area contributed by atoms with Crippen LogP contribution >= 0.6 is 0 Å². The number of ether oxygens (including phenoxy) is 1. The minimum Gasteiger partial charge on any atom is -0.383 e. The Morgan fingerprint density at radius 1 is 1.32 bits per heavy atom. The van der Waals surface area contributed by atoms with Crippen LogP contribution in [0.3, 0.4) is 0 Å². The number of nitrogens with zero attached hydrogens (tertiary/aromatic N) is 4. The van der Waals surface area contributed by atoms with Gasteiger partial charge in [-0.3, -0.25) is 9.78 Å². The van der Waals surface area contributed by atoms with Crippen molar-refractivity contribution in [3.8, 4) is 6.07 Å². The largest absolute Gasteiger partial charge is 0.417 e. The minimum absolute atomic E-state index is 0.0505. The average molecular weight is 497 g/mol. The summed E-state index contributed by atoms with van der Waals surface area (Å²) < 4.78 is 72.6. The molecule has 1 aliphatic heterocycles. The van der Waals surface area contributed by atoms with E-state index < -0.39 is 39.3 Å². The van der Waals surface area contributed by atoms with Crippen LogP contribution in [0.25, 0.3) is 0 Å². The smallest absolute Gasteiger partial charge is 0.383 e. The van der Waals surface area contributed by atoms with Gasteiger partial charge in [0.05, 0.1) is 23.8 Å². The highest BCUT2D eigenvalue weighted by atomic mass is 32.2. The maximum absolute atomic E-state index is 13.5. The second-order valence-electron chi connectivity index (χ2n) is 7.38. The van der Waals surface area contributed by atoms with Gasteiger partial charge >= 0.3 is 6.18 Å². The van der Waals surface area contributed by atoms with Gasteiger partial charge < -0.3 is 15.0 Å². The fourth-order valence-electron chi connectivity index (χ4n) is 3.60. The summed E-state index contributed by atoms with van der Waals surface area (Å²) >= 11 is 0. The third-order valence-corrected chi connectivity index (χ3v) is 7.13. The van der Waals surface area contributed by atoms with Crippen LogP contribution in [-0.2, 0) is 25.7 Å². The maximum atomic E-state index is 13.5. The first-order valence-corrected chi connectivity index (χ1v) is 11.6. The third-order valence-electron chi connectivity index (χ3n) is 5.28. The van der Waals surface area contributed by atoms with Gasteiger partial charge in [-0.2, -0.15) is 22.7 Å². The summed E-state index contributed by atoms with van der Waals surface area (Å²) in [4.78, 5) is 18.1. The number of hydrogen-bond acceptors (Lipinski definition) is 7. The Hall–Kier alpha value is -3.21. The van der Waals surface area contributed by atoms with Gasteiger partial charge in [0.1, 0.15) is 10.9 Å². The number of pyridine rings is 1. The molecule has 34 heavy (non-hydrogen) atoms. The Labute approximate surface area is 194 Å². The molecule has 9 nitrogen and oxygen atoms in total. The first kappa shape index (κ1) is 25.4. The van der Waals surface area contributed by atoms with E-state index in [4.69, 9.17) is 10.00 Å². The van der Waals surface area contributed by atoms with Crippen molar-refractivity contribution in [2.45, 2.75) is 17.1 Å². The predicted octanol–water partition coefficient (Wildman–Crippen LogP) is 1.61. The predicted molar refractivity (Wildman–Crippen MR) is 115 cm³/mol. The lowest BCUT2D eigenvalue weighted by molar-refractivity contribution is -0.137. The molecule has 182 valence electrons. The van der Waals surface area contributed by atoms with Gasteiger partial charge in [-0.05, 0) is 30.3 Å². The average Bonchev–Trinajstić information content (AvgIpc) is 2.83. The van der Waals surface area contributed by atoms with Gasteiger partial charge in [-0.1, -0.05) is 0 Å². The summed E-state index contributed by atoms with van der Waals surface area (Å²) in [5.74, 6) is -0.568. The molecule has 0 spiro atoms. The second kappa shape index (κ2) is 10.4. The standard InChI is InChI=1S/C21H22F3N5O4S/c1-33-10-7-27-20(30)19-14-28(34(31,32)17-3-2-6-26-13-17)8-9-29(19)16-5-4-15(12-25)18(11-16)21(22,23)24/h2-6,11,13,19H,7-10,14H2,1H3,(H,27,30). The number of aromatic nitrogens is 1. The number of sulfonamides is 1. The quantitative estimate of drug-likeness (QED) is 0.578. The van der Waals surface area contributed by atoms with Crippen molar-refractivity contribution >= 4 is 21.6 Å². The number of anilines is 1. The first-order valence-electron chi connectivity index (χ1n) is 10.1. The molecule has 1 saturated heterocycles. The van der Waals surface area contributed by atoms with Crippen LogP contribution in [0.15, 0.2) is 47.6 Å². The number of rotatable bonds is 7. The topological polar surface area (TPSA) is 116 Å². The van der Waals surface area contributed by atoms with Crippen LogP contribution in [0, 0.1) is 11.3 Å². The van der Waals surface area contributed by atoms with E-state index in [2.05, 4.69) is 10.3 Å². The van der Waals surface area contributed by atoms with Gasteiger partial charge in [0.2, 0.25) is 15.9 Å². The van der Waals surface area contributed by atoms with E-state index in [0.717, 1.165) is 16.4 Å². The van der Waals surface area contributed by atoms with E-state index in [9.17, 15) is 26.4 Å². The van der Waals surface area contributed by atoms with Crippen LogP contribution in [0.4, 0.5) is 18.9 Å². The van der Waals surface area contributed by atoms with Crippen molar-refractivity contribution in [2.24, 2.45) is 0 Å². The number of methoxy groups -OCH3 is 1. The lowest BCUT2D eigenvalue weighted by atomic mass is 10.0. The van der Waals surface area contributed by atoms with Crippen molar-refractivity contribution in [3.05, 3.63) is 53.9 Å². The summed E-state index contributed by atoms with van der Waals surface area (Å²) in [6.45, 7) is -0.0790. The summed E-state index contributed by atoms with van der Waals surface area (Å²) in [6.07, 6.45) is -2.17. The van der Waals surface area contributed by atoms with Crippen LogP contribution in [-0.4, -0.2) is 69.6 Å². The minimum atomic E-state index is -4.78. The molecule has 1 fully saturated rings. The highest BCUT2D eigenvalue weighted by Gasteiger charge is 2.40. The van der Waals surface area contributed by atoms with Gasteiger partial charge in [0.25, 0.3) is 0 Å². The summed E-state index contributed by atoms with van der Waals surface area (Å²) in [6, 6.07) is 6.40. The van der Waals surface area contributed by atoms with Crippen LogP contribution < -0.4 is 10.2 Å². The lowest BCUT2D eigenvalue weighted by Crippen LogP contribution is -2.60. The third kappa shape index (κ3) is 5.46. The fraction of sp³-hybridized carbons (Fsp3) is 0.381. The number of halogens is 3. The fourth-order valence-corrected chi connectivity index (χ4v) is 5.00. The Morgan fingerprint density at radius 2 is 2.09 bits per heavy atom. The number of benzene rings is 1. The number of carbonyl (C=O) groups excluding carboxylic acids is 1. The van der Waals surface area contributed by atoms with E-state index in [1.54, 1.807) is 0 Å². The Kier molecular flexibility index (Phi) is 7.75. The molecule has 1 amide bonds. The normalized spacial score (nSPS) is 17.3. The van der Waals surface area contributed by atoms with Crippen LogP contribution in [0.2, 0.25) is 0 Å². The van der Waals surface area contributed by atoms with Gasteiger partial charge in [0.15, 0.2) is 0 Å². The number of nitrogens with one attached hydrogen (secondary N) is 1. The summed E-state index contributed by atoms with van der Waals surface area (Å²) in [5.41, 5.74) is -1.62. The number of alkyl halides is 3. The molecule has 0 saturated carbocycles. The van der Waals surface area contributed by atoms with E-state index in [1.807, 2.05) is 0 Å². The molecule has 0 bridgehead atoms. The molecule has 1 atom stereocenters. The number of nitriles is 1. The Morgan fingerprint density at radius 3 is 2.71 bits per heavy atom. The maximum Gasteiger partial charge on any atom is 0.417 e. The molecule has 13 heteroatoms. The number of carbonyl (C=O) groups is 1. The zero-order chi connectivity index (χ0) is 24.9. The molecule has 1 aromatic carbocycles. The van der Waals surface area contributed by atoms with Crippen molar-refractivity contribution in [1.82, 2.24) is 14.6 Å². The highest BCUT2D eigenvalue weighted by molar-refractivity contribution is 7.89. The first-order chi connectivity index (χ1) is 16.1. The zero-order valence-electron chi connectivity index (χ0n) is 18.1. The number of amides is 1. The molecule has 0 radical (unpaired) electrons. The van der Waals surface area contributed by atoms with Crippen LogP contribution in [0.5, 0.6) is 0 Å². The zero-order valence-corrected chi connectivity index (χ0v) is 18.9. The van der Waals surface area contributed by atoms with Crippen LogP contribution in [0.1, 0.15) is 11.1 Å². The van der Waals surface area contributed by atoms with Crippen molar-refractivity contribution in [3.63, 3.8) is 0 Å². The molecule has 3 rings (SSSR count). The van der Waals surface area contributed by atoms with Gasteiger partial charge in [0, 0.05) is 51.4 Å². The van der Waals surface area contributed by atoms with Crippen molar-refractivity contribution in [1.29, 1.82) is 5.26 Å². The SMILES string of the molecule is COCCNC(=O)C1CN(S(=O)(=O)c2cccnc2)CCN1c1ccc(C#N)c(C(F)(F)F)c1. The van der Waals surface area contributed by atoms with E-state index in [0.29, 0.717) is 0 Å². The Bertz CT molecular complexity index is 1170. The monoisotopic (exact) mass is 497 g/mol. The highest BCUT2D eigenvalue weighted by Crippen LogP contribution is 2.35. The molecule has 1 N–H and O–H groups in total. The van der Waals surface area contributed by atoms with Gasteiger partial charge in [-0.25, -0.2) is 8.42 Å². The number of piperazine rings is 1. The van der Waals surface area contributed by atoms with E-state index >= 15 is 0 Å². The molecule has 0 aliphatic carbocycles. The van der Waals surface area contributed by atoms with Crippen molar-refractivity contribution < 1.29 is 31.1 Å². The molecule has 2 heterocycles.